The molecule has 0 radical (unpaired) electrons. The summed E-state index contributed by atoms with van der Waals surface area (Å²) < 4.78 is 40.0. The fraction of sp³-hybridized carbons (Fsp3) is 0.154. The molecular formula is C26H18ClF3N4O2S. The van der Waals surface area contributed by atoms with Crippen molar-refractivity contribution in [3.63, 3.8) is 0 Å². The normalized spacial score (nSPS) is 19.1. The van der Waals surface area contributed by atoms with E-state index in [4.69, 9.17) is 16.7 Å². The Kier molecular flexibility index (Phi) is 7.03. The van der Waals surface area contributed by atoms with Crippen LogP contribution in [-0.2, 0) is 9.59 Å². The maximum absolute atomic E-state index is 13.5. The quantitative estimate of drug-likeness (QED) is 0.433. The first-order valence-electron chi connectivity index (χ1n) is 11.2. The molecule has 0 saturated heterocycles. The van der Waals surface area contributed by atoms with Gasteiger partial charge in [-0.1, -0.05) is 47.6 Å². The lowest BCUT2D eigenvalue weighted by atomic mass is 9.98. The zero-order valence-corrected chi connectivity index (χ0v) is 20.6. The average Bonchev–Trinajstić information content (AvgIpc) is 3.46. The van der Waals surface area contributed by atoms with Gasteiger partial charge in [0.2, 0.25) is 5.91 Å². The molecule has 0 spiro atoms. The van der Waals surface area contributed by atoms with E-state index in [0.717, 1.165) is 35.0 Å². The summed E-state index contributed by atoms with van der Waals surface area (Å²) in [5.74, 6) is -3.53. The van der Waals surface area contributed by atoms with Crippen molar-refractivity contribution in [1.82, 2.24) is 5.01 Å². The van der Waals surface area contributed by atoms with Gasteiger partial charge in [0, 0.05) is 29.6 Å². The molecule has 188 valence electrons. The Balaban J connectivity index is 1.35. The molecule has 3 aromatic carbocycles. The largest absolute Gasteiger partial charge is 0.326 e. The maximum Gasteiger partial charge on any atom is 0.262 e. The number of hydrazone groups is 1. The Morgan fingerprint density at radius 3 is 2.57 bits per heavy atom. The number of hydrogen-bond acceptors (Lipinski definition) is 5. The lowest BCUT2D eigenvalue weighted by Gasteiger charge is -2.23. The number of benzene rings is 3. The number of carbonyl (C=O) groups is 2. The molecule has 3 aromatic rings. The van der Waals surface area contributed by atoms with Gasteiger partial charge in [0.15, 0.2) is 16.8 Å². The highest BCUT2D eigenvalue weighted by atomic mass is 35.5. The Labute approximate surface area is 219 Å². The third kappa shape index (κ3) is 5.55. The summed E-state index contributed by atoms with van der Waals surface area (Å²) in [6.07, 6.45) is 0.237. The summed E-state index contributed by atoms with van der Waals surface area (Å²) in [5, 5.41) is 8.83. The number of hydrogen-bond donors (Lipinski definition) is 1. The number of rotatable bonds is 5. The summed E-state index contributed by atoms with van der Waals surface area (Å²) in [6, 6.07) is 15.9. The predicted octanol–water partition coefficient (Wildman–Crippen LogP) is 5.94. The minimum atomic E-state index is -1.09. The van der Waals surface area contributed by atoms with Gasteiger partial charge < -0.3 is 5.32 Å². The van der Waals surface area contributed by atoms with E-state index >= 15 is 0 Å². The first-order valence-corrected chi connectivity index (χ1v) is 12.4. The molecule has 0 saturated carbocycles. The number of thioether (sulfide) groups is 1. The third-order valence-corrected chi connectivity index (χ3v) is 7.20. The van der Waals surface area contributed by atoms with E-state index in [2.05, 4.69) is 10.3 Å². The van der Waals surface area contributed by atoms with Crippen LogP contribution in [-0.4, -0.2) is 33.0 Å². The Morgan fingerprint density at radius 1 is 1.05 bits per heavy atom. The van der Waals surface area contributed by atoms with E-state index in [1.54, 1.807) is 29.3 Å². The van der Waals surface area contributed by atoms with E-state index in [9.17, 15) is 22.8 Å². The molecule has 2 aliphatic rings. The van der Waals surface area contributed by atoms with E-state index < -0.39 is 28.7 Å². The van der Waals surface area contributed by atoms with Gasteiger partial charge >= 0.3 is 0 Å². The minimum Gasteiger partial charge on any atom is -0.326 e. The number of nitrogens with one attached hydrogen (secondary N) is 1. The summed E-state index contributed by atoms with van der Waals surface area (Å²) in [5.41, 5.74) is 2.34. The van der Waals surface area contributed by atoms with Crippen LogP contribution >= 0.6 is 23.4 Å². The second-order valence-corrected chi connectivity index (χ2v) is 10.00. The van der Waals surface area contributed by atoms with Gasteiger partial charge in [-0.3, -0.25) is 9.59 Å². The standard InChI is InChI=1S/C26H18ClF3N4O2S/c27-16-3-1-2-15(10-16)22-12-21(14-4-6-17(28)7-5-14)33-34(22)26-32-25(36)23(37-26)13-24(35)31-18-8-9-19(29)20(30)11-18/h1-11,22-23H,12-13H2,(H,31,35)/t22-,23-/m0/s1. The lowest BCUT2D eigenvalue weighted by molar-refractivity contribution is -0.121. The monoisotopic (exact) mass is 542 g/mol. The van der Waals surface area contributed by atoms with Crippen LogP contribution in [0.15, 0.2) is 76.8 Å². The molecule has 11 heteroatoms. The number of carbonyl (C=O) groups excluding carboxylic acids is 2. The molecule has 0 aromatic heterocycles. The highest BCUT2D eigenvalue weighted by Gasteiger charge is 2.39. The zero-order valence-electron chi connectivity index (χ0n) is 19.0. The van der Waals surface area contributed by atoms with Crippen LogP contribution in [0, 0.1) is 17.5 Å². The van der Waals surface area contributed by atoms with Crippen LogP contribution in [0.2, 0.25) is 5.02 Å². The lowest BCUT2D eigenvalue weighted by Crippen LogP contribution is -2.25. The van der Waals surface area contributed by atoms with Crippen LogP contribution in [0.1, 0.15) is 30.0 Å². The molecule has 5 rings (SSSR count). The van der Waals surface area contributed by atoms with Crippen molar-refractivity contribution >= 4 is 51.7 Å². The molecule has 2 amide bonds. The van der Waals surface area contributed by atoms with Crippen molar-refractivity contribution in [3.8, 4) is 0 Å². The summed E-state index contributed by atoms with van der Waals surface area (Å²) in [7, 11) is 0. The van der Waals surface area contributed by atoms with Crippen LogP contribution in [0.3, 0.4) is 0 Å². The highest BCUT2D eigenvalue weighted by molar-refractivity contribution is 8.15. The number of halogens is 4. The first kappa shape index (κ1) is 25.0. The van der Waals surface area contributed by atoms with Crippen molar-refractivity contribution in [2.24, 2.45) is 10.1 Å². The van der Waals surface area contributed by atoms with Crippen LogP contribution in [0.5, 0.6) is 0 Å². The minimum absolute atomic E-state index is 0.0783. The average molecular weight is 543 g/mol. The van der Waals surface area contributed by atoms with Crippen molar-refractivity contribution < 1.29 is 22.8 Å². The fourth-order valence-electron chi connectivity index (χ4n) is 4.04. The summed E-state index contributed by atoms with van der Waals surface area (Å²) >= 11 is 7.31. The van der Waals surface area contributed by atoms with Crippen LogP contribution in [0.25, 0.3) is 0 Å². The smallest absolute Gasteiger partial charge is 0.262 e. The highest BCUT2D eigenvalue weighted by Crippen LogP contribution is 2.39. The van der Waals surface area contributed by atoms with E-state index in [1.807, 2.05) is 12.1 Å². The SMILES string of the molecule is O=C(C[C@@H]1SC(N2N=C(c3ccc(F)cc3)C[C@H]2c2cccc(Cl)c2)=NC1=O)Nc1ccc(F)c(F)c1. The molecule has 6 nitrogen and oxygen atoms in total. The zero-order chi connectivity index (χ0) is 26.1. The number of amides is 2. The molecule has 2 heterocycles. The van der Waals surface area contributed by atoms with Gasteiger partial charge in [-0.15, -0.1) is 0 Å². The van der Waals surface area contributed by atoms with Crippen molar-refractivity contribution in [2.75, 3.05) is 5.32 Å². The van der Waals surface area contributed by atoms with Crippen molar-refractivity contribution in [2.45, 2.75) is 24.1 Å². The van der Waals surface area contributed by atoms with Crippen molar-refractivity contribution in [1.29, 1.82) is 0 Å². The number of nitrogens with zero attached hydrogens (tertiary/aromatic N) is 3. The molecule has 0 aliphatic carbocycles. The van der Waals surface area contributed by atoms with Gasteiger partial charge in [-0.2, -0.15) is 10.1 Å². The fourth-order valence-corrected chi connectivity index (χ4v) is 5.30. The van der Waals surface area contributed by atoms with Gasteiger partial charge in [-0.25, -0.2) is 18.2 Å². The Bertz CT molecular complexity index is 1450. The van der Waals surface area contributed by atoms with Gasteiger partial charge in [0.25, 0.3) is 5.91 Å². The third-order valence-electron chi connectivity index (χ3n) is 5.82. The number of amidine groups is 1. The molecule has 1 N–H and O–H groups in total. The molecule has 37 heavy (non-hydrogen) atoms. The second kappa shape index (κ2) is 10.4. The van der Waals surface area contributed by atoms with E-state index in [1.165, 1.54) is 18.2 Å². The maximum atomic E-state index is 13.5. The first-order chi connectivity index (χ1) is 17.8. The predicted molar refractivity (Wildman–Crippen MR) is 137 cm³/mol. The molecule has 0 fully saturated rings. The molecule has 0 unspecified atom stereocenters. The van der Waals surface area contributed by atoms with Gasteiger partial charge in [0.1, 0.15) is 11.1 Å². The van der Waals surface area contributed by atoms with Crippen LogP contribution < -0.4 is 5.32 Å². The summed E-state index contributed by atoms with van der Waals surface area (Å²) in [4.78, 5) is 29.3. The van der Waals surface area contributed by atoms with Gasteiger partial charge in [0.05, 0.1) is 11.8 Å². The van der Waals surface area contributed by atoms with Crippen LogP contribution in [0.4, 0.5) is 18.9 Å². The van der Waals surface area contributed by atoms with Gasteiger partial charge in [-0.05, 0) is 47.5 Å². The molecular weight excluding hydrogens is 525 g/mol. The van der Waals surface area contributed by atoms with E-state index in [-0.39, 0.29) is 24.0 Å². The van der Waals surface area contributed by atoms with Crippen molar-refractivity contribution in [3.05, 3.63) is 100 Å². The van der Waals surface area contributed by atoms with E-state index in [0.29, 0.717) is 22.3 Å². The topological polar surface area (TPSA) is 74.1 Å². The Morgan fingerprint density at radius 2 is 1.84 bits per heavy atom. The molecule has 0 bridgehead atoms. The molecule has 2 atom stereocenters. The summed E-state index contributed by atoms with van der Waals surface area (Å²) in [6.45, 7) is 0. The Hall–Kier alpha value is -3.63. The number of anilines is 1. The molecule has 2 aliphatic heterocycles. The second-order valence-electron chi connectivity index (χ2n) is 8.39. The number of aliphatic imine (C=N–C) groups is 1.